The highest BCUT2D eigenvalue weighted by atomic mass is 16.6. The minimum atomic E-state index is -0.507. The molecule has 0 N–H and O–H groups in total. The van der Waals surface area contributed by atoms with Crippen molar-refractivity contribution in [2.45, 2.75) is 38.6 Å². The lowest BCUT2D eigenvalue weighted by Gasteiger charge is -2.06. The second-order valence-corrected chi connectivity index (χ2v) is 2.74. The molecule has 1 saturated heterocycles. The Hall–Kier alpha value is -1.01. The predicted molar refractivity (Wildman–Crippen MR) is 43.3 cm³/mol. The van der Waals surface area contributed by atoms with Crippen LogP contribution in [0.3, 0.4) is 0 Å². The van der Waals surface area contributed by atoms with E-state index in [0.29, 0.717) is 0 Å². The van der Waals surface area contributed by atoms with Gasteiger partial charge in [-0.25, -0.2) is 0 Å². The zero-order valence-corrected chi connectivity index (χ0v) is 7.24. The summed E-state index contributed by atoms with van der Waals surface area (Å²) in [6.07, 6.45) is 5.66. The highest BCUT2D eigenvalue weighted by Gasteiger charge is 2.44. The lowest BCUT2D eigenvalue weighted by Crippen LogP contribution is -2.21. The van der Waals surface area contributed by atoms with Crippen LogP contribution in [0, 0.1) is 12.3 Å². The molecule has 0 bridgehead atoms. The van der Waals surface area contributed by atoms with Gasteiger partial charge in [-0.05, 0) is 6.42 Å². The van der Waals surface area contributed by atoms with Crippen molar-refractivity contribution in [1.29, 1.82) is 0 Å². The number of epoxide rings is 1. The molecule has 3 nitrogen and oxygen atoms in total. The molecular formula is C9H12O3. The number of carbonyl (C=O) groups is 1. The third-order valence-corrected chi connectivity index (χ3v) is 1.78. The van der Waals surface area contributed by atoms with E-state index >= 15 is 0 Å². The van der Waals surface area contributed by atoms with Gasteiger partial charge in [0.05, 0.1) is 6.10 Å². The van der Waals surface area contributed by atoms with Crippen molar-refractivity contribution in [1.82, 2.24) is 0 Å². The van der Waals surface area contributed by atoms with Crippen LogP contribution in [0.1, 0.15) is 20.3 Å². The summed E-state index contributed by atoms with van der Waals surface area (Å²) in [4.78, 5) is 10.6. The van der Waals surface area contributed by atoms with E-state index in [2.05, 4.69) is 5.92 Å². The smallest absolute Gasteiger partial charge is 0.303 e. The van der Waals surface area contributed by atoms with Gasteiger partial charge < -0.3 is 9.47 Å². The summed E-state index contributed by atoms with van der Waals surface area (Å²) in [5.74, 6) is 2.03. The number of rotatable bonds is 3. The standard InChI is InChI=1S/C9H12O3/c1-4-7(11-6(3)10)9-8(5-2)12-9/h1,7-9H,5H2,2-3H3. The molecule has 12 heavy (non-hydrogen) atoms. The molecule has 1 fully saturated rings. The number of hydrogen-bond acceptors (Lipinski definition) is 3. The van der Waals surface area contributed by atoms with Gasteiger partial charge in [-0.2, -0.15) is 0 Å². The van der Waals surface area contributed by atoms with E-state index in [1.807, 2.05) is 6.92 Å². The third-order valence-electron chi connectivity index (χ3n) is 1.78. The molecule has 0 aromatic heterocycles. The van der Waals surface area contributed by atoms with Crippen LogP contribution in [0.25, 0.3) is 0 Å². The summed E-state index contributed by atoms with van der Waals surface area (Å²) < 4.78 is 10.1. The molecule has 0 saturated carbocycles. The number of ether oxygens (including phenoxy) is 2. The molecule has 0 radical (unpaired) electrons. The van der Waals surface area contributed by atoms with Gasteiger partial charge in [0.25, 0.3) is 0 Å². The molecule has 1 aliphatic rings. The van der Waals surface area contributed by atoms with Crippen LogP contribution in [-0.4, -0.2) is 24.3 Å². The average Bonchev–Trinajstić information content (AvgIpc) is 2.78. The maximum atomic E-state index is 10.6. The molecular weight excluding hydrogens is 156 g/mol. The predicted octanol–water partition coefficient (Wildman–Crippen LogP) is 0.729. The second kappa shape index (κ2) is 3.59. The number of terminal acetylenes is 1. The average molecular weight is 168 g/mol. The minimum absolute atomic E-state index is 0.0797. The summed E-state index contributed by atoms with van der Waals surface area (Å²) in [5.41, 5.74) is 0. The van der Waals surface area contributed by atoms with Crippen LogP contribution < -0.4 is 0 Å². The van der Waals surface area contributed by atoms with Crippen molar-refractivity contribution in [2.24, 2.45) is 0 Å². The van der Waals surface area contributed by atoms with Crippen molar-refractivity contribution in [3.63, 3.8) is 0 Å². The fourth-order valence-corrected chi connectivity index (χ4v) is 1.13. The lowest BCUT2D eigenvalue weighted by atomic mass is 10.2. The summed E-state index contributed by atoms with van der Waals surface area (Å²) in [5, 5.41) is 0. The van der Waals surface area contributed by atoms with Gasteiger partial charge >= 0.3 is 5.97 Å². The molecule has 0 aromatic carbocycles. The Kier molecular flexibility index (Phi) is 2.72. The van der Waals surface area contributed by atoms with Gasteiger partial charge in [0, 0.05) is 6.92 Å². The summed E-state index contributed by atoms with van der Waals surface area (Å²) in [6.45, 7) is 3.35. The molecule has 0 aliphatic carbocycles. The van der Waals surface area contributed by atoms with Crippen molar-refractivity contribution in [2.75, 3.05) is 0 Å². The van der Waals surface area contributed by atoms with E-state index in [1.165, 1.54) is 6.92 Å². The Balaban J connectivity index is 2.39. The van der Waals surface area contributed by atoms with Crippen molar-refractivity contribution in [3.8, 4) is 12.3 Å². The first-order chi connectivity index (χ1) is 5.69. The highest BCUT2D eigenvalue weighted by Crippen LogP contribution is 2.29. The zero-order valence-electron chi connectivity index (χ0n) is 7.24. The molecule has 3 heteroatoms. The largest absolute Gasteiger partial charge is 0.446 e. The molecule has 66 valence electrons. The maximum absolute atomic E-state index is 10.6. The Bertz CT molecular complexity index is 216. The zero-order chi connectivity index (χ0) is 9.14. The van der Waals surface area contributed by atoms with E-state index in [1.54, 1.807) is 0 Å². The Labute approximate surface area is 72.0 Å². The molecule has 3 unspecified atom stereocenters. The topological polar surface area (TPSA) is 38.8 Å². The Morgan fingerprint density at radius 1 is 1.83 bits per heavy atom. The molecule has 3 atom stereocenters. The molecule has 1 heterocycles. The summed E-state index contributed by atoms with van der Waals surface area (Å²) in [6, 6.07) is 0. The third kappa shape index (κ3) is 1.99. The van der Waals surface area contributed by atoms with E-state index < -0.39 is 6.10 Å². The number of carbonyl (C=O) groups excluding carboxylic acids is 1. The van der Waals surface area contributed by atoms with Crippen LogP contribution in [-0.2, 0) is 14.3 Å². The number of esters is 1. The number of hydrogen-bond donors (Lipinski definition) is 0. The van der Waals surface area contributed by atoms with Crippen LogP contribution >= 0.6 is 0 Å². The van der Waals surface area contributed by atoms with Crippen molar-refractivity contribution in [3.05, 3.63) is 0 Å². The Morgan fingerprint density at radius 3 is 2.83 bits per heavy atom. The van der Waals surface area contributed by atoms with Crippen molar-refractivity contribution >= 4 is 5.97 Å². The molecule has 0 aromatic rings. The summed E-state index contributed by atoms with van der Waals surface area (Å²) >= 11 is 0. The first-order valence-electron chi connectivity index (χ1n) is 3.97. The highest BCUT2D eigenvalue weighted by molar-refractivity contribution is 5.66. The normalized spacial score (nSPS) is 28.8. The van der Waals surface area contributed by atoms with Crippen LogP contribution in [0.4, 0.5) is 0 Å². The van der Waals surface area contributed by atoms with E-state index in [0.717, 1.165) is 6.42 Å². The van der Waals surface area contributed by atoms with Crippen LogP contribution in [0.15, 0.2) is 0 Å². The quantitative estimate of drug-likeness (QED) is 0.354. The summed E-state index contributed by atoms with van der Waals surface area (Å²) in [7, 11) is 0. The SMILES string of the molecule is C#CC(OC(C)=O)C1OC1CC. The fourth-order valence-electron chi connectivity index (χ4n) is 1.13. The molecule has 0 amide bonds. The molecule has 1 aliphatic heterocycles. The lowest BCUT2D eigenvalue weighted by molar-refractivity contribution is -0.144. The van der Waals surface area contributed by atoms with Crippen LogP contribution in [0.5, 0.6) is 0 Å². The monoisotopic (exact) mass is 168 g/mol. The van der Waals surface area contributed by atoms with Gasteiger partial charge in [0.15, 0.2) is 6.10 Å². The Morgan fingerprint density at radius 2 is 2.50 bits per heavy atom. The van der Waals surface area contributed by atoms with E-state index in [-0.39, 0.29) is 18.2 Å². The molecule has 1 rings (SSSR count). The van der Waals surface area contributed by atoms with Gasteiger partial charge in [-0.15, -0.1) is 6.42 Å². The van der Waals surface area contributed by atoms with Gasteiger partial charge in [0.2, 0.25) is 0 Å². The maximum Gasteiger partial charge on any atom is 0.303 e. The van der Waals surface area contributed by atoms with Crippen molar-refractivity contribution < 1.29 is 14.3 Å². The van der Waals surface area contributed by atoms with Gasteiger partial charge in [0.1, 0.15) is 6.10 Å². The van der Waals surface area contributed by atoms with Gasteiger partial charge in [-0.3, -0.25) is 4.79 Å². The van der Waals surface area contributed by atoms with Gasteiger partial charge in [-0.1, -0.05) is 12.8 Å². The fraction of sp³-hybridized carbons (Fsp3) is 0.667. The minimum Gasteiger partial charge on any atom is -0.446 e. The second-order valence-electron chi connectivity index (χ2n) is 2.74. The first kappa shape index (κ1) is 9.08. The van der Waals surface area contributed by atoms with Crippen LogP contribution in [0.2, 0.25) is 0 Å². The first-order valence-corrected chi connectivity index (χ1v) is 3.97. The van der Waals surface area contributed by atoms with E-state index in [4.69, 9.17) is 15.9 Å². The molecule has 0 spiro atoms. The van der Waals surface area contributed by atoms with E-state index in [9.17, 15) is 4.79 Å².